The number of anilines is 1. The van der Waals surface area contributed by atoms with Crippen molar-refractivity contribution in [2.24, 2.45) is 0 Å². The van der Waals surface area contributed by atoms with E-state index in [-0.39, 0.29) is 18.6 Å². The van der Waals surface area contributed by atoms with Gasteiger partial charge in [-0.3, -0.25) is 4.79 Å². The molecule has 3 aliphatic heterocycles. The van der Waals surface area contributed by atoms with Gasteiger partial charge in [0.05, 0.1) is 18.3 Å². The van der Waals surface area contributed by atoms with E-state index in [4.69, 9.17) is 14.2 Å². The van der Waals surface area contributed by atoms with Crippen LogP contribution in [0, 0.1) is 0 Å². The van der Waals surface area contributed by atoms with Gasteiger partial charge in [0.25, 0.3) is 5.91 Å². The molecule has 29 heavy (non-hydrogen) atoms. The standard InChI is InChI=1S/C22H24N2O5/c1-23-8-9-27-20-11-15(2-4-17(20)23)22(26)24-7-6-16(18(25)12-24)14-3-5-19-21(10-14)29-13-28-19/h2-5,10-11,16,18,25H,6-9,12-13H2,1H3/t16-,18+/m0/s1. The molecule has 5 rings (SSSR count). The number of piperidine rings is 1. The number of likely N-dealkylation sites (N-methyl/N-ethyl adjacent to an activating group) is 1. The molecule has 0 radical (unpaired) electrons. The molecule has 3 aliphatic rings. The summed E-state index contributed by atoms with van der Waals surface area (Å²) in [5.74, 6) is 2.07. The smallest absolute Gasteiger partial charge is 0.254 e. The fourth-order valence-electron chi connectivity index (χ4n) is 4.32. The number of nitrogens with zero attached hydrogens (tertiary/aromatic N) is 2. The number of hydrogen-bond acceptors (Lipinski definition) is 6. The summed E-state index contributed by atoms with van der Waals surface area (Å²) in [6, 6.07) is 11.4. The van der Waals surface area contributed by atoms with E-state index >= 15 is 0 Å². The number of fused-ring (bicyclic) bond motifs is 2. The summed E-state index contributed by atoms with van der Waals surface area (Å²) in [5, 5.41) is 10.8. The van der Waals surface area contributed by atoms with Crippen LogP contribution in [0.15, 0.2) is 36.4 Å². The Hall–Kier alpha value is -2.93. The highest BCUT2D eigenvalue weighted by Gasteiger charge is 2.33. The van der Waals surface area contributed by atoms with Gasteiger partial charge < -0.3 is 29.1 Å². The van der Waals surface area contributed by atoms with Crippen LogP contribution in [-0.2, 0) is 0 Å². The Kier molecular flexibility index (Phi) is 4.47. The number of aliphatic hydroxyl groups is 1. The van der Waals surface area contributed by atoms with Gasteiger partial charge in [0.15, 0.2) is 11.5 Å². The molecule has 2 aromatic rings. The third-order valence-corrected chi connectivity index (χ3v) is 6.00. The summed E-state index contributed by atoms with van der Waals surface area (Å²) in [7, 11) is 2.01. The van der Waals surface area contributed by atoms with E-state index in [9.17, 15) is 9.90 Å². The maximum Gasteiger partial charge on any atom is 0.254 e. The third kappa shape index (κ3) is 3.25. The first kappa shape index (κ1) is 18.1. The van der Waals surface area contributed by atoms with Crippen LogP contribution >= 0.6 is 0 Å². The normalized spacial score (nSPS) is 22.8. The minimum Gasteiger partial charge on any atom is -0.490 e. The molecular formula is C22H24N2O5. The Bertz CT molecular complexity index is 947. The number of carbonyl (C=O) groups is 1. The molecule has 2 aromatic carbocycles. The van der Waals surface area contributed by atoms with Gasteiger partial charge in [-0.05, 0) is 42.3 Å². The first-order valence-corrected chi connectivity index (χ1v) is 9.95. The highest BCUT2D eigenvalue weighted by Crippen LogP contribution is 2.38. The molecule has 0 unspecified atom stereocenters. The van der Waals surface area contributed by atoms with E-state index in [0.29, 0.717) is 37.4 Å². The molecule has 3 heterocycles. The number of rotatable bonds is 2. The Labute approximate surface area is 169 Å². The molecule has 1 fully saturated rings. The van der Waals surface area contributed by atoms with Crippen LogP contribution in [0.2, 0.25) is 0 Å². The maximum atomic E-state index is 13.0. The average molecular weight is 396 g/mol. The number of amides is 1. The maximum absolute atomic E-state index is 13.0. The molecule has 1 amide bonds. The fraction of sp³-hybridized carbons (Fsp3) is 0.409. The topological polar surface area (TPSA) is 71.5 Å². The largest absolute Gasteiger partial charge is 0.490 e. The summed E-state index contributed by atoms with van der Waals surface area (Å²) >= 11 is 0. The predicted octanol–water partition coefficient (Wildman–Crippen LogP) is 2.23. The van der Waals surface area contributed by atoms with Crippen LogP contribution in [0.1, 0.15) is 28.3 Å². The summed E-state index contributed by atoms with van der Waals surface area (Å²) < 4.78 is 16.5. The van der Waals surface area contributed by atoms with Gasteiger partial charge in [-0.25, -0.2) is 0 Å². The van der Waals surface area contributed by atoms with Crippen LogP contribution in [-0.4, -0.2) is 62.1 Å². The van der Waals surface area contributed by atoms with Gasteiger partial charge in [0.2, 0.25) is 6.79 Å². The minimum absolute atomic E-state index is 0.0333. The summed E-state index contributed by atoms with van der Waals surface area (Å²) in [4.78, 5) is 16.9. The first-order chi connectivity index (χ1) is 14.1. The fourth-order valence-corrected chi connectivity index (χ4v) is 4.32. The molecule has 1 N–H and O–H groups in total. The summed E-state index contributed by atoms with van der Waals surface area (Å²) in [6.45, 7) is 2.57. The lowest BCUT2D eigenvalue weighted by Gasteiger charge is -2.36. The van der Waals surface area contributed by atoms with E-state index in [2.05, 4.69) is 4.90 Å². The lowest BCUT2D eigenvalue weighted by Crippen LogP contribution is -2.45. The van der Waals surface area contributed by atoms with Gasteiger partial charge in [0.1, 0.15) is 12.4 Å². The third-order valence-electron chi connectivity index (χ3n) is 6.00. The Morgan fingerprint density at radius 3 is 2.76 bits per heavy atom. The van der Waals surface area contributed by atoms with Gasteiger partial charge in [-0.15, -0.1) is 0 Å². The van der Waals surface area contributed by atoms with Crippen molar-refractivity contribution < 1.29 is 24.1 Å². The Balaban J connectivity index is 1.30. The Morgan fingerprint density at radius 1 is 1.03 bits per heavy atom. The molecule has 1 saturated heterocycles. The number of aliphatic hydroxyl groups excluding tert-OH is 1. The summed E-state index contributed by atoms with van der Waals surface area (Å²) in [5.41, 5.74) is 2.60. The molecule has 0 aromatic heterocycles. The number of benzene rings is 2. The van der Waals surface area contributed by atoms with Gasteiger partial charge in [-0.2, -0.15) is 0 Å². The molecule has 7 heteroatoms. The summed E-state index contributed by atoms with van der Waals surface area (Å²) in [6.07, 6.45) is 0.0598. The molecule has 152 valence electrons. The van der Waals surface area contributed by atoms with E-state index < -0.39 is 6.10 Å². The molecule has 7 nitrogen and oxygen atoms in total. The van der Waals surface area contributed by atoms with Crippen LogP contribution in [0.25, 0.3) is 0 Å². The quantitative estimate of drug-likeness (QED) is 0.840. The average Bonchev–Trinajstić information content (AvgIpc) is 3.21. The molecule has 2 atom stereocenters. The van der Waals surface area contributed by atoms with Crippen molar-refractivity contribution in [2.75, 3.05) is 45.0 Å². The van der Waals surface area contributed by atoms with Crippen LogP contribution < -0.4 is 19.1 Å². The van der Waals surface area contributed by atoms with Gasteiger partial charge in [-0.1, -0.05) is 6.07 Å². The highest BCUT2D eigenvalue weighted by molar-refractivity contribution is 5.95. The van der Waals surface area contributed by atoms with E-state index in [1.165, 1.54) is 0 Å². The van der Waals surface area contributed by atoms with Crippen molar-refractivity contribution in [2.45, 2.75) is 18.4 Å². The Morgan fingerprint density at radius 2 is 1.90 bits per heavy atom. The van der Waals surface area contributed by atoms with Crippen molar-refractivity contribution in [3.05, 3.63) is 47.5 Å². The van der Waals surface area contributed by atoms with Crippen molar-refractivity contribution in [3.8, 4) is 17.2 Å². The van der Waals surface area contributed by atoms with Gasteiger partial charge >= 0.3 is 0 Å². The monoisotopic (exact) mass is 396 g/mol. The van der Waals surface area contributed by atoms with Gasteiger partial charge in [0, 0.05) is 31.6 Å². The lowest BCUT2D eigenvalue weighted by molar-refractivity contribution is 0.0381. The molecule has 0 spiro atoms. The van der Waals surface area contributed by atoms with Crippen LogP contribution in [0.4, 0.5) is 5.69 Å². The second-order valence-corrected chi connectivity index (χ2v) is 7.78. The van der Waals surface area contributed by atoms with E-state index in [1.54, 1.807) is 4.90 Å². The number of ether oxygens (including phenoxy) is 3. The van der Waals surface area contributed by atoms with Crippen molar-refractivity contribution in [3.63, 3.8) is 0 Å². The highest BCUT2D eigenvalue weighted by atomic mass is 16.7. The first-order valence-electron chi connectivity index (χ1n) is 9.95. The second-order valence-electron chi connectivity index (χ2n) is 7.78. The number of carbonyl (C=O) groups excluding carboxylic acids is 1. The lowest BCUT2D eigenvalue weighted by atomic mass is 9.86. The molecular weight excluding hydrogens is 372 g/mol. The van der Waals surface area contributed by atoms with Crippen LogP contribution in [0.3, 0.4) is 0 Å². The zero-order chi connectivity index (χ0) is 20.0. The van der Waals surface area contributed by atoms with Crippen LogP contribution in [0.5, 0.6) is 17.2 Å². The molecule has 0 bridgehead atoms. The number of hydrogen-bond donors (Lipinski definition) is 1. The SMILES string of the molecule is CN1CCOc2cc(C(=O)N3CC[C@@H](c4ccc5c(c4)OCO5)[C@H](O)C3)ccc21. The molecule has 0 aliphatic carbocycles. The van der Waals surface area contributed by atoms with Crippen molar-refractivity contribution >= 4 is 11.6 Å². The number of β-amino-alcohol motifs (C(OH)–C–C–N with tert-alkyl or cyclic N) is 1. The van der Waals surface area contributed by atoms with E-state index in [0.717, 1.165) is 29.3 Å². The van der Waals surface area contributed by atoms with E-state index in [1.807, 2.05) is 43.4 Å². The molecule has 0 saturated carbocycles. The second kappa shape index (κ2) is 7.15. The van der Waals surface area contributed by atoms with Crippen molar-refractivity contribution in [1.82, 2.24) is 4.90 Å². The predicted molar refractivity (Wildman–Crippen MR) is 107 cm³/mol. The minimum atomic E-state index is -0.631. The zero-order valence-electron chi connectivity index (χ0n) is 16.3. The zero-order valence-corrected chi connectivity index (χ0v) is 16.3. The number of likely N-dealkylation sites (tertiary alicyclic amines) is 1. The van der Waals surface area contributed by atoms with Crippen molar-refractivity contribution in [1.29, 1.82) is 0 Å².